The summed E-state index contributed by atoms with van der Waals surface area (Å²) in [4.78, 5) is 31.4. The van der Waals surface area contributed by atoms with Crippen molar-refractivity contribution < 1.29 is 19.4 Å². The first-order chi connectivity index (χ1) is 24.5. The Kier molecular flexibility index (Phi) is 9.02. The van der Waals surface area contributed by atoms with Gasteiger partial charge in [-0.1, -0.05) is 80.1 Å². The van der Waals surface area contributed by atoms with E-state index in [0.29, 0.717) is 28.0 Å². The number of imidazole rings is 1. The van der Waals surface area contributed by atoms with Crippen LogP contribution >= 0.6 is 11.3 Å². The van der Waals surface area contributed by atoms with Crippen LogP contribution in [0.25, 0.3) is 20.9 Å². The van der Waals surface area contributed by atoms with E-state index in [1.54, 1.807) is 35.1 Å². The summed E-state index contributed by atoms with van der Waals surface area (Å²) in [6.07, 6.45) is 1.69. The summed E-state index contributed by atoms with van der Waals surface area (Å²) >= 11 is 1.46. The van der Waals surface area contributed by atoms with Crippen LogP contribution in [-0.4, -0.2) is 42.8 Å². The van der Waals surface area contributed by atoms with Crippen LogP contribution in [0.1, 0.15) is 54.1 Å². The van der Waals surface area contributed by atoms with E-state index in [1.807, 2.05) is 90.2 Å². The van der Waals surface area contributed by atoms with Crippen molar-refractivity contribution in [3.63, 3.8) is 0 Å². The number of urea groups is 1. The molecule has 7 rings (SSSR count). The van der Waals surface area contributed by atoms with Crippen LogP contribution in [0.3, 0.4) is 0 Å². The van der Waals surface area contributed by atoms with Crippen LogP contribution in [-0.2, 0) is 5.41 Å². The van der Waals surface area contributed by atoms with Gasteiger partial charge in [0.1, 0.15) is 23.0 Å². The summed E-state index contributed by atoms with van der Waals surface area (Å²) in [7, 11) is 0. The van der Waals surface area contributed by atoms with Gasteiger partial charge >= 0.3 is 6.03 Å². The number of nitrogens with zero attached hydrogens (tertiary/aromatic N) is 4. The second-order valence-electron chi connectivity index (χ2n) is 13.2. The molecule has 12 heteroatoms. The minimum Gasteiger partial charge on any atom is -0.457 e. The van der Waals surface area contributed by atoms with Crippen molar-refractivity contribution in [1.82, 2.24) is 24.5 Å². The number of amides is 3. The quantitative estimate of drug-likeness (QED) is 0.120. The number of benzene rings is 4. The first-order valence-corrected chi connectivity index (χ1v) is 17.3. The van der Waals surface area contributed by atoms with Crippen LogP contribution in [0.15, 0.2) is 109 Å². The number of nitrogens with one attached hydrogen (secondary N) is 3. The van der Waals surface area contributed by atoms with E-state index in [-0.39, 0.29) is 23.6 Å². The molecule has 11 nitrogen and oxygen atoms in total. The summed E-state index contributed by atoms with van der Waals surface area (Å²) in [5.74, 6) is 1.37. The largest absolute Gasteiger partial charge is 0.457 e. The minimum absolute atomic E-state index is 0.204. The molecule has 0 radical (unpaired) electrons. The fourth-order valence-electron chi connectivity index (χ4n) is 5.54. The van der Waals surface area contributed by atoms with Crippen molar-refractivity contribution in [2.24, 2.45) is 0 Å². The molecule has 4 N–H and O–H groups in total. The number of aryl methyl sites for hydroxylation is 1. The van der Waals surface area contributed by atoms with Crippen molar-refractivity contribution in [3.05, 3.63) is 132 Å². The molecule has 0 saturated carbocycles. The molecule has 7 aromatic rings. The Morgan fingerprint density at radius 2 is 1.63 bits per heavy atom. The lowest BCUT2D eigenvalue weighted by molar-refractivity contribution is 0.0911. The van der Waals surface area contributed by atoms with Gasteiger partial charge < -0.3 is 20.5 Å². The van der Waals surface area contributed by atoms with E-state index in [0.717, 1.165) is 32.7 Å². The summed E-state index contributed by atoms with van der Waals surface area (Å²) in [5.41, 5.74) is 5.14. The molecule has 3 aromatic heterocycles. The zero-order valence-corrected chi connectivity index (χ0v) is 29.4. The average Bonchev–Trinajstić information content (AvgIpc) is 3.82. The Hall–Kier alpha value is -5.98. The molecule has 0 bridgehead atoms. The third kappa shape index (κ3) is 7.32. The number of ether oxygens (including phenoxy) is 1. The summed E-state index contributed by atoms with van der Waals surface area (Å²) < 4.78 is 10.7. The van der Waals surface area contributed by atoms with Gasteiger partial charge in [0.25, 0.3) is 5.91 Å². The molecular weight excluding hydrogens is 663 g/mol. The minimum atomic E-state index is -0.540. The predicted molar refractivity (Wildman–Crippen MR) is 200 cm³/mol. The van der Waals surface area contributed by atoms with Gasteiger partial charge in [-0.3, -0.25) is 14.5 Å². The predicted octanol–water partition coefficient (Wildman–Crippen LogP) is 8.24. The number of aliphatic hydroxyl groups is 1. The number of carbonyl (C=O) groups is 2. The summed E-state index contributed by atoms with van der Waals surface area (Å²) in [6, 6.07) is 31.1. The third-order valence-corrected chi connectivity index (χ3v) is 9.37. The van der Waals surface area contributed by atoms with Crippen molar-refractivity contribution >= 4 is 50.0 Å². The molecule has 3 heterocycles. The lowest BCUT2D eigenvalue weighted by Gasteiger charge is -2.15. The SMILES string of the molecule is Cc1ccc(-n2nc(C(C)(C)C)cc2NC(=O)Nc2ccc(Oc3ccc4sc5nc(C(=O)NC(CO)c6ccccc6)cn5c4c3)cc2)cc1. The van der Waals surface area contributed by atoms with Gasteiger partial charge in [-0.15, -0.1) is 0 Å². The highest BCUT2D eigenvalue weighted by Crippen LogP contribution is 2.32. The Bertz CT molecular complexity index is 2340. The molecule has 1 unspecified atom stereocenters. The fraction of sp³-hybridized carbons (Fsp3) is 0.179. The van der Waals surface area contributed by atoms with Gasteiger partial charge in [-0.05, 0) is 61.0 Å². The third-order valence-electron chi connectivity index (χ3n) is 8.33. The van der Waals surface area contributed by atoms with Crippen molar-refractivity contribution in [1.29, 1.82) is 0 Å². The van der Waals surface area contributed by atoms with E-state index in [1.165, 1.54) is 11.3 Å². The number of anilines is 2. The van der Waals surface area contributed by atoms with E-state index in [9.17, 15) is 14.7 Å². The van der Waals surface area contributed by atoms with Gasteiger partial charge in [0, 0.05) is 29.4 Å². The maximum atomic E-state index is 13.1. The molecule has 0 saturated heterocycles. The number of hydrogen-bond acceptors (Lipinski definition) is 7. The molecule has 3 amide bonds. The second-order valence-corrected chi connectivity index (χ2v) is 14.3. The average molecular weight is 700 g/mol. The Labute approximate surface area is 298 Å². The maximum absolute atomic E-state index is 13.1. The molecule has 0 spiro atoms. The van der Waals surface area contributed by atoms with E-state index < -0.39 is 12.1 Å². The highest BCUT2D eigenvalue weighted by molar-refractivity contribution is 7.23. The molecule has 0 aliphatic heterocycles. The summed E-state index contributed by atoms with van der Waals surface area (Å²) in [5, 5.41) is 23.4. The lowest BCUT2D eigenvalue weighted by Crippen LogP contribution is -2.31. The van der Waals surface area contributed by atoms with Crippen molar-refractivity contribution in [2.75, 3.05) is 17.2 Å². The molecule has 4 aromatic carbocycles. The Morgan fingerprint density at radius 3 is 2.33 bits per heavy atom. The van der Waals surface area contributed by atoms with Crippen molar-refractivity contribution in [2.45, 2.75) is 39.2 Å². The first kappa shape index (κ1) is 33.5. The standard InChI is InChI=1S/C39H37N7O4S/c1-24-10-14-27(15-11-24)46-35(21-34(44-46)39(2,3)4)43-37(49)40-26-12-16-28(17-13-26)50-29-18-19-33-32(20-29)45-22-30(42-38(45)51-33)36(48)41-31(23-47)25-8-6-5-7-9-25/h5-22,31,47H,23H2,1-4H3,(H,41,48)(H2,40,43,49). The topological polar surface area (TPSA) is 135 Å². The smallest absolute Gasteiger partial charge is 0.324 e. The summed E-state index contributed by atoms with van der Waals surface area (Å²) in [6.45, 7) is 8.04. The Balaban J connectivity index is 1.02. The molecule has 51 heavy (non-hydrogen) atoms. The zero-order chi connectivity index (χ0) is 35.7. The van der Waals surface area contributed by atoms with Crippen LogP contribution < -0.4 is 20.7 Å². The number of hydrogen-bond donors (Lipinski definition) is 4. The number of fused-ring (bicyclic) bond motifs is 3. The number of rotatable bonds is 9. The van der Waals surface area contributed by atoms with E-state index in [2.05, 4.69) is 41.7 Å². The van der Waals surface area contributed by atoms with Gasteiger partial charge in [0.05, 0.1) is 34.2 Å². The van der Waals surface area contributed by atoms with Crippen LogP contribution in [0.2, 0.25) is 0 Å². The maximum Gasteiger partial charge on any atom is 0.324 e. The zero-order valence-electron chi connectivity index (χ0n) is 28.5. The molecule has 258 valence electrons. The molecular formula is C39H37N7O4S. The highest BCUT2D eigenvalue weighted by atomic mass is 32.1. The van der Waals surface area contributed by atoms with Crippen LogP contribution in [0.5, 0.6) is 11.5 Å². The van der Waals surface area contributed by atoms with Crippen LogP contribution in [0.4, 0.5) is 16.3 Å². The molecule has 1 atom stereocenters. The van der Waals surface area contributed by atoms with Crippen LogP contribution in [0, 0.1) is 6.92 Å². The normalized spacial score (nSPS) is 12.2. The monoisotopic (exact) mass is 699 g/mol. The van der Waals surface area contributed by atoms with Gasteiger partial charge in [0.2, 0.25) is 0 Å². The molecule has 0 fully saturated rings. The van der Waals surface area contributed by atoms with Crippen molar-refractivity contribution in [3.8, 4) is 17.2 Å². The van der Waals surface area contributed by atoms with E-state index >= 15 is 0 Å². The molecule has 0 aliphatic carbocycles. The van der Waals surface area contributed by atoms with Gasteiger partial charge in [-0.2, -0.15) is 5.10 Å². The highest BCUT2D eigenvalue weighted by Gasteiger charge is 2.22. The lowest BCUT2D eigenvalue weighted by atomic mass is 9.92. The fourth-order valence-corrected chi connectivity index (χ4v) is 6.53. The second kappa shape index (κ2) is 13.7. The number of carbonyl (C=O) groups excluding carboxylic acids is 2. The first-order valence-electron chi connectivity index (χ1n) is 16.5. The van der Waals surface area contributed by atoms with E-state index in [4.69, 9.17) is 9.84 Å². The number of thiazole rings is 1. The number of aromatic nitrogens is 4. The van der Waals surface area contributed by atoms with Gasteiger partial charge in [0.15, 0.2) is 4.96 Å². The Morgan fingerprint density at radius 1 is 0.902 bits per heavy atom. The molecule has 0 aliphatic rings. The van der Waals surface area contributed by atoms with Gasteiger partial charge in [-0.25, -0.2) is 14.5 Å². The number of aliphatic hydroxyl groups excluding tert-OH is 1.